The molecule has 0 spiro atoms. The van der Waals surface area contributed by atoms with E-state index >= 15 is 0 Å². The van der Waals surface area contributed by atoms with Crippen LogP contribution in [0.3, 0.4) is 0 Å². The number of nitrogens with zero attached hydrogens (tertiary/aromatic N) is 2. The molecular formula is C15H19N3O2S. The van der Waals surface area contributed by atoms with Crippen LogP contribution in [0.15, 0.2) is 28.8 Å². The number of ether oxygens (including phenoxy) is 1. The summed E-state index contributed by atoms with van der Waals surface area (Å²) in [5, 5.41) is 4.76. The Morgan fingerprint density at radius 1 is 1.33 bits per heavy atom. The van der Waals surface area contributed by atoms with Crippen molar-refractivity contribution in [2.24, 2.45) is 0 Å². The number of nitrogens with two attached hydrogens (primary N) is 1. The largest absolute Gasteiger partial charge is 0.484 e. The van der Waals surface area contributed by atoms with Crippen molar-refractivity contribution in [2.45, 2.75) is 43.3 Å². The number of nitrogen functional groups attached to an aromatic ring is 1. The van der Waals surface area contributed by atoms with Gasteiger partial charge >= 0.3 is 0 Å². The Bertz CT molecular complexity index is 582. The summed E-state index contributed by atoms with van der Waals surface area (Å²) in [4.78, 5) is 4.35. The molecule has 0 saturated heterocycles. The molecular weight excluding hydrogens is 286 g/mol. The van der Waals surface area contributed by atoms with E-state index in [1.807, 2.05) is 30.0 Å². The monoisotopic (exact) mass is 305 g/mol. The molecule has 5 nitrogen and oxygen atoms in total. The molecule has 2 aromatic rings. The smallest absolute Gasteiger partial charge is 0.264 e. The van der Waals surface area contributed by atoms with Crippen molar-refractivity contribution in [1.29, 1.82) is 0 Å². The van der Waals surface area contributed by atoms with Crippen LogP contribution < -0.4 is 10.5 Å². The normalized spacial score (nSPS) is 15.4. The van der Waals surface area contributed by atoms with Gasteiger partial charge < -0.3 is 15.0 Å². The number of thioether (sulfide) groups is 1. The predicted molar refractivity (Wildman–Crippen MR) is 83.0 cm³/mol. The van der Waals surface area contributed by atoms with E-state index in [-0.39, 0.29) is 6.61 Å². The maximum absolute atomic E-state index is 5.70. The molecule has 0 bridgehead atoms. The van der Waals surface area contributed by atoms with Gasteiger partial charge in [-0.3, -0.25) is 0 Å². The summed E-state index contributed by atoms with van der Waals surface area (Å²) in [5.41, 5.74) is 6.37. The van der Waals surface area contributed by atoms with Crippen LogP contribution in [0.25, 0.3) is 0 Å². The SMILES string of the molecule is Nc1cccc(OCc2nc(CSC3CCCC3)no2)c1. The predicted octanol–water partition coefficient (Wildman–Crippen LogP) is 3.41. The molecule has 1 aliphatic rings. The van der Waals surface area contributed by atoms with Gasteiger partial charge in [0, 0.05) is 17.0 Å². The first-order valence-electron chi connectivity index (χ1n) is 7.21. The van der Waals surface area contributed by atoms with Crippen molar-refractivity contribution < 1.29 is 9.26 Å². The molecule has 0 unspecified atom stereocenters. The highest BCUT2D eigenvalue weighted by Crippen LogP contribution is 2.31. The Balaban J connectivity index is 1.48. The first kappa shape index (κ1) is 14.3. The molecule has 2 N–H and O–H groups in total. The Hall–Kier alpha value is -1.69. The lowest BCUT2D eigenvalue weighted by molar-refractivity contribution is 0.242. The van der Waals surface area contributed by atoms with Gasteiger partial charge in [0.2, 0.25) is 0 Å². The van der Waals surface area contributed by atoms with Crippen LogP contribution in [0.1, 0.15) is 37.4 Å². The third-order valence-corrected chi connectivity index (χ3v) is 4.85. The molecule has 1 aromatic heterocycles. The average molecular weight is 305 g/mol. The van der Waals surface area contributed by atoms with Gasteiger partial charge in [0.05, 0.1) is 5.75 Å². The number of hydrogen-bond acceptors (Lipinski definition) is 6. The van der Waals surface area contributed by atoms with Crippen LogP contribution in [0, 0.1) is 0 Å². The summed E-state index contributed by atoms with van der Waals surface area (Å²) in [7, 11) is 0. The number of benzene rings is 1. The maximum atomic E-state index is 5.70. The summed E-state index contributed by atoms with van der Waals surface area (Å²) >= 11 is 1.92. The van der Waals surface area contributed by atoms with Gasteiger partial charge in [0.1, 0.15) is 5.75 Å². The minimum Gasteiger partial charge on any atom is -0.484 e. The van der Waals surface area contributed by atoms with E-state index in [0.717, 1.165) is 16.8 Å². The third kappa shape index (κ3) is 4.14. The van der Waals surface area contributed by atoms with Crippen LogP contribution in [0.2, 0.25) is 0 Å². The Morgan fingerprint density at radius 3 is 3.00 bits per heavy atom. The molecule has 112 valence electrons. The summed E-state index contributed by atoms with van der Waals surface area (Å²) in [6.45, 7) is 0.268. The maximum Gasteiger partial charge on any atom is 0.264 e. The number of anilines is 1. The summed E-state index contributed by atoms with van der Waals surface area (Å²) in [5.74, 6) is 2.76. The molecule has 1 aliphatic carbocycles. The lowest BCUT2D eigenvalue weighted by Gasteiger charge is -2.05. The third-order valence-electron chi connectivity index (χ3n) is 3.48. The van der Waals surface area contributed by atoms with Gasteiger partial charge in [-0.05, 0) is 25.0 Å². The second-order valence-electron chi connectivity index (χ2n) is 5.18. The van der Waals surface area contributed by atoms with E-state index in [1.165, 1.54) is 25.7 Å². The highest BCUT2D eigenvalue weighted by Gasteiger charge is 2.16. The van der Waals surface area contributed by atoms with Crippen molar-refractivity contribution in [1.82, 2.24) is 10.1 Å². The van der Waals surface area contributed by atoms with Gasteiger partial charge in [-0.2, -0.15) is 16.7 Å². The number of hydrogen-bond donors (Lipinski definition) is 1. The van der Waals surface area contributed by atoms with E-state index in [0.29, 0.717) is 17.3 Å². The zero-order valence-electron chi connectivity index (χ0n) is 11.8. The molecule has 0 amide bonds. The van der Waals surface area contributed by atoms with Gasteiger partial charge in [0.25, 0.3) is 5.89 Å². The van der Waals surface area contributed by atoms with Crippen molar-refractivity contribution in [3.05, 3.63) is 36.0 Å². The summed E-state index contributed by atoms with van der Waals surface area (Å²) in [6.07, 6.45) is 5.33. The highest BCUT2D eigenvalue weighted by molar-refractivity contribution is 7.99. The fourth-order valence-corrected chi connectivity index (χ4v) is 3.57. The summed E-state index contributed by atoms with van der Waals surface area (Å²) in [6, 6.07) is 7.29. The quantitative estimate of drug-likeness (QED) is 0.824. The first-order valence-corrected chi connectivity index (χ1v) is 8.26. The average Bonchev–Trinajstić information content (AvgIpc) is 3.15. The second kappa shape index (κ2) is 6.85. The van der Waals surface area contributed by atoms with Crippen LogP contribution in [-0.2, 0) is 12.4 Å². The molecule has 1 fully saturated rings. The molecule has 1 heterocycles. The standard InChI is InChI=1S/C15H19N3O2S/c16-11-4-3-5-12(8-11)19-9-15-17-14(18-20-15)10-21-13-6-1-2-7-13/h3-5,8,13H,1-2,6-7,9-10,16H2. The Labute approximate surface area is 128 Å². The van der Waals surface area contributed by atoms with E-state index < -0.39 is 0 Å². The molecule has 21 heavy (non-hydrogen) atoms. The van der Waals surface area contributed by atoms with Gasteiger partial charge in [0.15, 0.2) is 12.4 Å². The van der Waals surface area contributed by atoms with E-state index in [2.05, 4.69) is 10.1 Å². The fourth-order valence-electron chi connectivity index (χ4n) is 2.40. The highest BCUT2D eigenvalue weighted by atomic mass is 32.2. The van der Waals surface area contributed by atoms with E-state index in [4.69, 9.17) is 15.0 Å². The van der Waals surface area contributed by atoms with E-state index in [1.54, 1.807) is 6.07 Å². The first-order chi connectivity index (χ1) is 10.3. The van der Waals surface area contributed by atoms with Crippen molar-refractivity contribution in [3.8, 4) is 5.75 Å². The second-order valence-corrected chi connectivity index (χ2v) is 6.47. The molecule has 0 aliphatic heterocycles. The lowest BCUT2D eigenvalue weighted by atomic mass is 10.3. The zero-order chi connectivity index (χ0) is 14.5. The van der Waals surface area contributed by atoms with Crippen LogP contribution in [-0.4, -0.2) is 15.4 Å². The zero-order valence-corrected chi connectivity index (χ0v) is 12.6. The number of rotatable bonds is 6. The molecule has 1 aromatic carbocycles. The van der Waals surface area contributed by atoms with Crippen LogP contribution in [0.4, 0.5) is 5.69 Å². The van der Waals surface area contributed by atoms with Gasteiger partial charge in [-0.1, -0.05) is 24.1 Å². The lowest BCUT2D eigenvalue weighted by Crippen LogP contribution is -1.98. The molecule has 0 atom stereocenters. The van der Waals surface area contributed by atoms with Crippen molar-refractivity contribution in [3.63, 3.8) is 0 Å². The minimum absolute atomic E-state index is 0.268. The fraction of sp³-hybridized carbons (Fsp3) is 0.467. The van der Waals surface area contributed by atoms with E-state index in [9.17, 15) is 0 Å². The van der Waals surface area contributed by atoms with Gasteiger partial charge in [-0.25, -0.2) is 0 Å². The topological polar surface area (TPSA) is 74.2 Å². The van der Waals surface area contributed by atoms with Crippen molar-refractivity contribution in [2.75, 3.05) is 5.73 Å². The van der Waals surface area contributed by atoms with Crippen molar-refractivity contribution >= 4 is 17.4 Å². The Morgan fingerprint density at radius 2 is 2.19 bits per heavy atom. The van der Waals surface area contributed by atoms with Gasteiger partial charge in [-0.15, -0.1) is 0 Å². The Kier molecular flexibility index (Phi) is 4.65. The number of aromatic nitrogens is 2. The summed E-state index contributed by atoms with van der Waals surface area (Å²) < 4.78 is 10.8. The van der Waals surface area contributed by atoms with Crippen LogP contribution in [0.5, 0.6) is 5.75 Å². The molecule has 3 rings (SSSR count). The molecule has 6 heteroatoms. The molecule has 1 saturated carbocycles. The van der Waals surface area contributed by atoms with Crippen LogP contribution >= 0.6 is 11.8 Å². The minimum atomic E-state index is 0.268. The molecule has 0 radical (unpaired) electrons.